The van der Waals surface area contributed by atoms with Crippen molar-refractivity contribution in [1.82, 2.24) is 14.4 Å². The molecular weight excluding hydrogens is 278 g/mol. The van der Waals surface area contributed by atoms with Gasteiger partial charge in [0, 0.05) is 56.5 Å². The van der Waals surface area contributed by atoms with E-state index in [-0.39, 0.29) is 12.5 Å². The van der Waals surface area contributed by atoms with Gasteiger partial charge >= 0.3 is 0 Å². The first kappa shape index (κ1) is 15.1. The maximum Gasteiger partial charge on any atom is 0.254 e. The lowest BCUT2D eigenvalue weighted by molar-refractivity contribution is 0.0615. The van der Waals surface area contributed by atoms with E-state index in [1.807, 2.05) is 30.1 Å². The molecule has 1 fully saturated rings. The topological polar surface area (TPSA) is 48.7 Å². The quantitative estimate of drug-likeness (QED) is 0.928. The van der Waals surface area contributed by atoms with Crippen LogP contribution in [-0.4, -0.2) is 64.7 Å². The van der Waals surface area contributed by atoms with Gasteiger partial charge in [-0.15, -0.1) is 0 Å². The molecule has 1 aliphatic rings. The number of hydrogen-bond donors (Lipinski definition) is 1. The van der Waals surface area contributed by atoms with Crippen LogP contribution in [0.15, 0.2) is 24.3 Å². The average molecular weight is 301 g/mol. The Morgan fingerprint density at radius 2 is 1.91 bits per heavy atom. The molecule has 5 heteroatoms. The number of rotatable bonds is 3. The number of β-amino-alcohol motifs (C(OH)–C–C–N with tert-alkyl or cyclic N) is 1. The average Bonchev–Trinajstić information content (AvgIpc) is 2.82. The van der Waals surface area contributed by atoms with Crippen LogP contribution in [-0.2, 0) is 7.05 Å². The van der Waals surface area contributed by atoms with Gasteiger partial charge in [0.05, 0.1) is 6.61 Å². The third-order valence-corrected chi connectivity index (χ3v) is 4.61. The Bertz CT molecular complexity index is 685. The van der Waals surface area contributed by atoms with Gasteiger partial charge < -0.3 is 14.6 Å². The molecule has 5 nitrogen and oxygen atoms in total. The molecule has 1 saturated heterocycles. The van der Waals surface area contributed by atoms with Gasteiger partial charge in [0.1, 0.15) is 0 Å². The number of amides is 1. The van der Waals surface area contributed by atoms with Crippen molar-refractivity contribution >= 4 is 16.8 Å². The standard InChI is InChI=1S/C17H23N3O2/c1-13-11-14-3-4-15(12-16(14)18(13)2)17(22)20-7-5-19(6-8-20)9-10-21/h3-4,11-12,21H,5-10H2,1-2H3. The van der Waals surface area contributed by atoms with Gasteiger partial charge in [0.15, 0.2) is 0 Å². The zero-order valence-corrected chi connectivity index (χ0v) is 13.2. The maximum atomic E-state index is 12.7. The van der Waals surface area contributed by atoms with Crippen LogP contribution in [0.4, 0.5) is 0 Å². The number of aryl methyl sites for hydroxylation is 2. The first-order chi connectivity index (χ1) is 10.6. The SMILES string of the molecule is Cc1cc2ccc(C(=O)N3CCN(CCO)CC3)cc2n1C. The van der Waals surface area contributed by atoms with Crippen LogP contribution in [0.25, 0.3) is 10.9 Å². The number of piperazine rings is 1. The summed E-state index contributed by atoms with van der Waals surface area (Å²) in [5, 5.41) is 10.1. The summed E-state index contributed by atoms with van der Waals surface area (Å²) in [6.45, 7) is 6.05. The zero-order chi connectivity index (χ0) is 15.7. The minimum Gasteiger partial charge on any atom is -0.395 e. The molecule has 0 aliphatic carbocycles. The lowest BCUT2D eigenvalue weighted by Gasteiger charge is -2.34. The van der Waals surface area contributed by atoms with Gasteiger partial charge in [-0.25, -0.2) is 0 Å². The molecule has 0 spiro atoms. The number of hydrogen-bond acceptors (Lipinski definition) is 3. The fourth-order valence-corrected chi connectivity index (χ4v) is 3.10. The van der Waals surface area contributed by atoms with Crippen molar-refractivity contribution in [2.75, 3.05) is 39.3 Å². The van der Waals surface area contributed by atoms with E-state index < -0.39 is 0 Å². The minimum absolute atomic E-state index is 0.101. The fraction of sp³-hybridized carbons (Fsp3) is 0.471. The number of aliphatic hydroxyl groups is 1. The highest BCUT2D eigenvalue weighted by Gasteiger charge is 2.22. The Kier molecular flexibility index (Phi) is 4.18. The van der Waals surface area contributed by atoms with Crippen LogP contribution in [0, 0.1) is 6.92 Å². The van der Waals surface area contributed by atoms with Crippen molar-refractivity contribution in [1.29, 1.82) is 0 Å². The molecule has 3 rings (SSSR count). The van der Waals surface area contributed by atoms with Gasteiger partial charge in [0.2, 0.25) is 0 Å². The number of aromatic nitrogens is 1. The molecule has 22 heavy (non-hydrogen) atoms. The number of fused-ring (bicyclic) bond motifs is 1. The summed E-state index contributed by atoms with van der Waals surface area (Å²) in [5.74, 6) is 0.101. The van der Waals surface area contributed by atoms with E-state index in [0.717, 1.165) is 37.3 Å². The number of benzene rings is 1. The molecule has 2 aromatic rings. The summed E-state index contributed by atoms with van der Waals surface area (Å²) in [4.78, 5) is 16.8. The Balaban J connectivity index is 1.76. The Hall–Kier alpha value is -1.85. The molecule has 1 aliphatic heterocycles. The van der Waals surface area contributed by atoms with Crippen LogP contribution in [0.5, 0.6) is 0 Å². The largest absolute Gasteiger partial charge is 0.395 e. The summed E-state index contributed by atoms with van der Waals surface area (Å²) in [6, 6.07) is 8.07. The summed E-state index contributed by atoms with van der Waals surface area (Å²) in [5.41, 5.74) is 3.05. The second kappa shape index (κ2) is 6.10. The van der Waals surface area contributed by atoms with Crippen molar-refractivity contribution in [3.05, 3.63) is 35.5 Å². The summed E-state index contributed by atoms with van der Waals surface area (Å²) in [7, 11) is 2.03. The summed E-state index contributed by atoms with van der Waals surface area (Å²) < 4.78 is 2.12. The van der Waals surface area contributed by atoms with E-state index in [4.69, 9.17) is 5.11 Å². The molecule has 0 bridgehead atoms. The first-order valence-electron chi connectivity index (χ1n) is 7.78. The molecule has 1 aromatic carbocycles. The van der Waals surface area contributed by atoms with E-state index in [2.05, 4.69) is 22.5 Å². The third kappa shape index (κ3) is 2.74. The van der Waals surface area contributed by atoms with E-state index in [1.165, 1.54) is 11.1 Å². The van der Waals surface area contributed by atoms with Crippen molar-refractivity contribution < 1.29 is 9.90 Å². The van der Waals surface area contributed by atoms with Gasteiger partial charge in [-0.05, 0) is 30.5 Å². The summed E-state index contributed by atoms with van der Waals surface area (Å²) >= 11 is 0. The lowest BCUT2D eigenvalue weighted by Crippen LogP contribution is -2.49. The van der Waals surface area contributed by atoms with Gasteiger partial charge in [0.25, 0.3) is 5.91 Å². The normalized spacial score (nSPS) is 16.4. The number of aliphatic hydroxyl groups excluding tert-OH is 1. The molecule has 118 valence electrons. The molecule has 0 saturated carbocycles. The van der Waals surface area contributed by atoms with Crippen molar-refractivity contribution in [3.8, 4) is 0 Å². The molecule has 1 aromatic heterocycles. The van der Waals surface area contributed by atoms with Crippen LogP contribution >= 0.6 is 0 Å². The number of nitrogens with zero attached hydrogens (tertiary/aromatic N) is 3. The molecule has 1 amide bonds. The van der Waals surface area contributed by atoms with E-state index in [0.29, 0.717) is 6.54 Å². The highest BCUT2D eigenvalue weighted by molar-refractivity contribution is 5.98. The highest BCUT2D eigenvalue weighted by atomic mass is 16.3. The predicted molar refractivity (Wildman–Crippen MR) is 87.1 cm³/mol. The second-order valence-corrected chi connectivity index (χ2v) is 5.98. The van der Waals surface area contributed by atoms with Crippen LogP contribution in [0.3, 0.4) is 0 Å². The Morgan fingerprint density at radius 3 is 2.59 bits per heavy atom. The highest BCUT2D eigenvalue weighted by Crippen LogP contribution is 2.21. The van der Waals surface area contributed by atoms with Gasteiger partial charge in [-0.3, -0.25) is 9.69 Å². The number of carbonyl (C=O) groups is 1. The smallest absolute Gasteiger partial charge is 0.254 e. The lowest BCUT2D eigenvalue weighted by atomic mass is 10.1. The summed E-state index contributed by atoms with van der Waals surface area (Å²) in [6.07, 6.45) is 0. The molecular formula is C17H23N3O2. The van der Waals surface area contributed by atoms with E-state index >= 15 is 0 Å². The van der Waals surface area contributed by atoms with E-state index in [9.17, 15) is 4.79 Å². The molecule has 0 unspecified atom stereocenters. The molecule has 0 atom stereocenters. The first-order valence-corrected chi connectivity index (χ1v) is 7.78. The van der Waals surface area contributed by atoms with Crippen molar-refractivity contribution in [2.45, 2.75) is 6.92 Å². The Morgan fingerprint density at radius 1 is 1.18 bits per heavy atom. The van der Waals surface area contributed by atoms with Crippen LogP contribution in [0.1, 0.15) is 16.1 Å². The third-order valence-electron chi connectivity index (χ3n) is 4.61. The van der Waals surface area contributed by atoms with Crippen LogP contribution < -0.4 is 0 Å². The van der Waals surface area contributed by atoms with E-state index in [1.54, 1.807) is 0 Å². The molecule has 0 radical (unpaired) electrons. The monoisotopic (exact) mass is 301 g/mol. The zero-order valence-electron chi connectivity index (χ0n) is 13.2. The second-order valence-electron chi connectivity index (χ2n) is 5.98. The minimum atomic E-state index is 0.101. The predicted octanol–water partition coefficient (Wildman–Crippen LogP) is 1.24. The fourth-order valence-electron chi connectivity index (χ4n) is 3.10. The number of carbonyl (C=O) groups excluding carboxylic acids is 1. The van der Waals surface area contributed by atoms with Crippen molar-refractivity contribution in [2.24, 2.45) is 7.05 Å². The maximum absolute atomic E-state index is 12.7. The van der Waals surface area contributed by atoms with Crippen LogP contribution in [0.2, 0.25) is 0 Å². The van der Waals surface area contributed by atoms with Gasteiger partial charge in [-0.2, -0.15) is 0 Å². The molecule has 2 heterocycles. The Labute approximate surface area is 130 Å². The van der Waals surface area contributed by atoms with Gasteiger partial charge in [-0.1, -0.05) is 6.07 Å². The van der Waals surface area contributed by atoms with Crippen molar-refractivity contribution in [3.63, 3.8) is 0 Å². The molecule has 1 N–H and O–H groups in total.